The summed E-state index contributed by atoms with van der Waals surface area (Å²) in [6.07, 6.45) is 1.97. The molecule has 2 aromatic rings. The average molecular weight is 326 g/mol. The minimum absolute atomic E-state index is 0.0357. The van der Waals surface area contributed by atoms with Crippen LogP contribution in [0.4, 0.5) is 5.69 Å². The Morgan fingerprint density at radius 1 is 1.21 bits per heavy atom. The molecule has 1 aliphatic rings. The van der Waals surface area contributed by atoms with Crippen LogP contribution in [0.3, 0.4) is 0 Å². The molecule has 6 heteroatoms. The summed E-state index contributed by atoms with van der Waals surface area (Å²) in [4.78, 5) is 40.5. The van der Waals surface area contributed by atoms with Gasteiger partial charge in [0.05, 0.1) is 0 Å². The summed E-state index contributed by atoms with van der Waals surface area (Å²) in [5.41, 5.74) is 2.76. The molecular formula is C18H18N2O4. The van der Waals surface area contributed by atoms with Gasteiger partial charge in [0.15, 0.2) is 5.78 Å². The zero-order valence-corrected chi connectivity index (χ0v) is 13.3. The number of ketones is 1. The van der Waals surface area contributed by atoms with Gasteiger partial charge in [0, 0.05) is 23.4 Å². The number of nitrogens with zero attached hydrogens (tertiary/aromatic N) is 1. The number of nitrogens with one attached hydrogen (secondary N) is 1. The van der Waals surface area contributed by atoms with Crippen LogP contribution in [0.1, 0.15) is 44.9 Å². The fourth-order valence-corrected chi connectivity index (χ4v) is 3.15. The van der Waals surface area contributed by atoms with Crippen molar-refractivity contribution in [3.8, 4) is 0 Å². The molecule has 1 amide bonds. The molecular weight excluding hydrogens is 308 g/mol. The van der Waals surface area contributed by atoms with Crippen molar-refractivity contribution in [2.45, 2.75) is 26.2 Å². The molecule has 0 saturated heterocycles. The van der Waals surface area contributed by atoms with Crippen LogP contribution in [0.25, 0.3) is 0 Å². The molecule has 0 atom stereocenters. The molecule has 1 aromatic heterocycles. The third kappa shape index (κ3) is 2.82. The van der Waals surface area contributed by atoms with Crippen LogP contribution in [0.5, 0.6) is 0 Å². The van der Waals surface area contributed by atoms with E-state index in [2.05, 4.69) is 4.98 Å². The summed E-state index contributed by atoms with van der Waals surface area (Å²) in [5.74, 6) is -1.51. The first-order valence-electron chi connectivity index (χ1n) is 7.82. The summed E-state index contributed by atoms with van der Waals surface area (Å²) >= 11 is 0. The van der Waals surface area contributed by atoms with E-state index in [0.717, 1.165) is 18.5 Å². The maximum Gasteiger partial charge on any atom is 0.323 e. The molecule has 6 nitrogen and oxygen atoms in total. The Balaban J connectivity index is 2.02. The molecule has 1 heterocycles. The molecule has 0 aliphatic heterocycles. The normalized spacial score (nSPS) is 13.5. The number of hydrogen-bond donors (Lipinski definition) is 2. The van der Waals surface area contributed by atoms with E-state index in [0.29, 0.717) is 28.9 Å². The third-order valence-electron chi connectivity index (χ3n) is 4.26. The largest absolute Gasteiger partial charge is 0.480 e. The van der Waals surface area contributed by atoms with Crippen molar-refractivity contribution >= 4 is 23.3 Å². The van der Waals surface area contributed by atoms with Crippen LogP contribution in [-0.2, 0) is 11.2 Å². The van der Waals surface area contributed by atoms with Crippen LogP contribution >= 0.6 is 0 Å². The van der Waals surface area contributed by atoms with Gasteiger partial charge in [0.25, 0.3) is 5.91 Å². The Kier molecular flexibility index (Phi) is 4.20. The van der Waals surface area contributed by atoms with Gasteiger partial charge in [-0.25, -0.2) is 0 Å². The van der Waals surface area contributed by atoms with Crippen molar-refractivity contribution in [1.29, 1.82) is 0 Å². The molecule has 2 N–H and O–H groups in total. The smallest absolute Gasteiger partial charge is 0.323 e. The summed E-state index contributed by atoms with van der Waals surface area (Å²) in [5, 5.41) is 9.16. The molecule has 0 saturated carbocycles. The number of rotatable bonds is 4. The number of fused-ring (bicyclic) bond motifs is 1. The van der Waals surface area contributed by atoms with Gasteiger partial charge >= 0.3 is 5.97 Å². The van der Waals surface area contributed by atoms with Gasteiger partial charge in [0.1, 0.15) is 12.2 Å². The van der Waals surface area contributed by atoms with Gasteiger partial charge in [-0.05, 0) is 37.5 Å². The number of para-hydroxylation sites is 1. The molecule has 24 heavy (non-hydrogen) atoms. The lowest BCUT2D eigenvalue weighted by Crippen LogP contribution is -2.36. The summed E-state index contributed by atoms with van der Waals surface area (Å²) in [6.45, 7) is 1.29. The lowest BCUT2D eigenvalue weighted by atomic mass is 9.93. The van der Waals surface area contributed by atoms with Gasteiger partial charge in [-0.15, -0.1) is 0 Å². The number of aliphatic carboxylic acids is 1. The number of carbonyl (C=O) groups is 3. The van der Waals surface area contributed by atoms with Gasteiger partial charge in [-0.1, -0.05) is 18.2 Å². The monoisotopic (exact) mass is 326 g/mol. The number of hydrogen-bond acceptors (Lipinski definition) is 3. The average Bonchev–Trinajstić information content (AvgIpc) is 2.91. The number of amides is 1. The molecule has 1 aromatic carbocycles. The van der Waals surface area contributed by atoms with Crippen LogP contribution in [0, 0.1) is 6.92 Å². The quantitative estimate of drug-likeness (QED) is 0.903. The highest BCUT2D eigenvalue weighted by atomic mass is 16.4. The van der Waals surface area contributed by atoms with Crippen LogP contribution < -0.4 is 4.90 Å². The van der Waals surface area contributed by atoms with E-state index in [1.54, 1.807) is 37.3 Å². The fraction of sp³-hybridized carbons (Fsp3) is 0.278. The lowest BCUT2D eigenvalue weighted by Gasteiger charge is -2.20. The number of aryl methyl sites for hydroxylation is 1. The zero-order valence-electron chi connectivity index (χ0n) is 13.3. The van der Waals surface area contributed by atoms with Crippen LogP contribution in [0.2, 0.25) is 0 Å². The predicted octanol–water partition coefficient (Wildman–Crippen LogP) is 2.57. The minimum Gasteiger partial charge on any atom is -0.480 e. The highest BCUT2D eigenvalue weighted by Crippen LogP contribution is 2.28. The number of H-pyrrole nitrogens is 1. The van der Waals surface area contributed by atoms with E-state index in [1.807, 2.05) is 0 Å². The number of anilines is 1. The first-order chi connectivity index (χ1) is 11.5. The molecule has 0 fully saturated rings. The van der Waals surface area contributed by atoms with Crippen LogP contribution in [0.15, 0.2) is 30.3 Å². The summed E-state index contributed by atoms with van der Waals surface area (Å²) in [6, 6.07) is 8.65. The summed E-state index contributed by atoms with van der Waals surface area (Å²) < 4.78 is 0. The summed E-state index contributed by atoms with van der Waals surface area (Å²) in [7, 11) is 0. The molecule has 1 aliphatic carbocycles. The maximum atomic E-state index is 12.9. The highest BCUT2D eigenvalue weighted by molar-refractivity contribution is 6.10. The first kappa shape index (κ1) is 16.0. The van der Waals surface area contributed by atoms with E-state index in [1.165, 1.54) is 4.90 Å². The van der Waals surface area contributed by atoms with E-state index in [-0.39, 0.29) is 5.78 Å². The molecule has 0 unspecified atom stereocenters. The van der Waals surface area contributed by atoms with E-state index < -0.39 is 18.4 Å². The molecule has 0 bridgehead atoms. The molecule has 124 valence electrons. The Labute approximate surface area is 139 Å². The molecule has 0 radical (unpaired) electrons. The Bertz CT molecular complexity index is 808. The SMILES string of the molecule is Cc1c(C(=O)N(CC(=O)O)c2ccccc2)[nH]c2c1C(=O)CCC2. The number of carboxylic acids is 1. The van der Waals surface area contributed by atoms with E-state index >= 15 is 0 Å². The molecule has 3 rings (SSSR count). The van der Waals surface area contributed by atoms with Crippen molar-refractivity contribution < 1.29 is 19.5 Å². The second-order valence-electron chi connectivity index (χ2n) is 5.88. The predicted molar refractivity (Wildman–Crippen MR) is 88.6 cm³/mol. The van der Waals surface area contributed by atoms with Crippen molar-refractivity contribution in [2.75, 3.05) is 11.4 Å². The first-order valence-corrected chi connectivity index (χ1v) is 7.82. The third-order valence-corrected chi connectivity index (χ3v) is 4.26. The van der Waals surface area contributed by atoms with Crippen molar-refractivity contribution in [3.63, 3.8) is 0 Å². The van der Waals surface area contributed by atoms with Crippen LogP contribution in [-0.4, -0.2) is 34.3 Å². The standard InChI is InChI=1S/C18H18N2O4/c1-11-16-13(8-5-9-14(16)21)19-17(11)18(24)20(10-15(22)23)12-6-3-2-4-7-12/h2-4,6-7,19H,5,8-10H2,1H3,(H,22,23). The second kappa shape index (κ2) is 6.31. The van der Waals surface area contributed by atoms with Gasteiger partial charge in [-0.2, -0.15) is 0 Å². The van der Waals surface area contributed by atoms with Crippen molar-refractivity contribution in [3.05, 3.63) is 52.8 Å². The number of benzene rings is 1. The zero-order chi connectivity index (χ0) is 17.3. The second-order valence-corrected chi connectivity index (χ2v) is 5.88. The molecule has 0 spiro atoms. The Hall–Kier alpha value is -2.89. The Morgan fingerprint density at radius 3 is 2.54 bits per heavy atom. The fourth-order valence-electron chi connectivity index (χ4n) is 3.15. The van der Waals surface area contributed by atoms with Gasteiger partial charge in [-0.3, -0.25) is 19.3 Å². The number of aromatic amines is 1. The topological polar surface area (TPSA) is 90.5 Å². The van der Waals surface area contributed by atoms with E-state index in [9.17, 15) is 14.4 Å². The minimum atomic E-state index is -1.10. The van der Waals surface area contributed by atoms with Gasteiger partial charge in [0.2, 0.25) is 0 Å². The van der Waals surface area contributed by atoms with Crippen molar-refractivity contribution in [1.82, 2.24) is 4.98 Å². The Morgan fingerprint density at radius 2 is 1.92 bits per heavy atom. The highest BCUT2D eigenvalue weighted by Gasteiger charge is 2.29. The number of carbonyl (C=O) groups excluding carboxylic acids is 2. The number of aromatic nitrogens is 1. The number of carboxylic acid groups (broad SMARTS) is 1. The van der Waals surface area contributed by atoms with E-state index in [4.69, 9.17) is 5.11 Å². The maximum absolute atomic E-state index is 12.9. The van der Waals surface area contributed by atoms with Crippen molar-refractivity contribution in [2.24, 2.45) is 0 Å². The number of Topliss-reactive ketones (excluding diaryl/α,β-unsaturated/α-hetero) is 1. The van der Waals surface area contributed by atoms with Gasteiger partial charge < -0.3 is 10.1 Å². The lowest BCUT2D eigenvalue weighted by molar-refractivity contribution is -0.135.